The second kappa shape index (κ2) is 5.51. The van der Waals surface area contributed by atoms with Crippen LogP contribution in [0, 0.1) is 12.8 Å². The molecule has 1 heterocycles. The highest BCUT2D eigenvalue weighted by Gasteiger charge is 2.21. The number of hydrogen-bond donors (Lipinski definition) is 0. The number of ether oxygens (including phenoxy) is 1. The minimum Gasteiger partial charge on any atom is -0.462 e. The Morgan fingerprint density at radius 2 is 2.28 bits per heavy atom. The highest BCUT2D eigenvalue weighted by Crippen LogP contribution is 2.28. The van der Waals surface area contributed by atoms with Gasteiger partial charge >= 0.3 is 5.97 Å². The maximum Gasteiger partial charge on any atom is 0.339 e. The van der Waals surface area contributed by atoms with Crippen molar-refractivity contribution in [2.75, 3.05) is 6.61 Å². The summed E-state index contributed by atoms with van der Waals surface area (Å²) < 4.78 is 5.07. The first-order chi connectivity index (χ1) is 8.65. The Hall–Kier alpha value is -1.38. The molecule has 0 radical (unpaired) electrons. The predicted octanol–water partition coefficient (Wildman–Crippen LogP) is 3.08. The van der Waals surface area contributed by atoms with E-state index in [-0.39, 0.29) is 5.97 Å². The molecule has 0 saturated heterocycles. The van der Waals surface area contributed by atoms with Gasteiger partial charge in [0, 0.05) is 5.69 Å². The van der Waals surface area contributed by atoms with Crippen LogP contribution in [-0.4, -0.2) is 17.6 Å². The molecule has 0 aromatic carbocycles. The fourth-order valence-electron chi connectivity index (χ4n) is 2.61. The molecule has 1 aliphatic carbocycles. The Bertz CT molecular complexity index is 454. The van der Waals surface area contributed by atoms with Crippen molar-refractivity contribution < 1.29 is 9.53 Å². The topological polar surface area (TPSA) is 39.2 Å². The third-order valence-corrected chi connectivity index (χ3v) is 3.75. The predicted molar refractivity (Wildman–Crippen MR) is 70.7 cm³/mol. The van der Waals surface area contributed by atoms with Crippen LogP contribution in [0.3, 0.4) is 0 Å². The van der Waals surface area contributed by atoms with Gasteiger partial charge < -0.3 is 4.74 Å². The van der Waals surface area contributed by atoms with Gasteiger partial charge in [-0.25, -0.2) is 4.79 Å². The van der Waals surface area contributed by atoms with Crippen LogP contribution in [-0.2, 0) is 17.6 Å². The second-order valence-electron chi connectivity index (χ2n) is 4.96. The third-order valence-electron chi connectivity index (χ3n) is 3.75. The van der Waals surface area contributed by atoms with Crippen LogP contribution in [0.15, 0.2) is 6.07 Å². The van der Waals surface area contributed by atoms with Crippen LogP contribution in [0.1, 0.15) is 54.0 Å². The van der Waals surface area contributed by atoms with Gasteiger partial charge in [0.15, 0.2) is 0 Å². The van der Waals surface area contributed by atoms with Crippen molar-refractivity contribution >= 4 is 5.97 Å². The van der Waals surface area contributed by atoms with Crippen LogP contribution >= 0.6 is 0 Å². The number of aryl methyl sites for hydroxylation is 2. The van der Waals surface area contributed by atoms with Crippen molar-refractivity contribution in [2.24, 2.45) is 5.92 Å². The molecule has 0 saturated carbocycles. The van der Waals surface area contributed by atoms with Crippen molar-refractivity contribution in [3.8, 4) is 0 Å². The molecule has 3 nitrogen and oxygen atoms in total. The highest BCUT2D eigenvalue weighted by molar-refractivity contribution is 5.90. The van der Waals surface area contributed by atoms with E-state index in [9.17, 15) is 4.79 Å². The summed E-state index contributed by atoms with van der Waals surface area (Å²) in [6.07, 6.45) is 4.50. The van der Waals surface area contributed by atoms with E-state index in [0.29, 0.717) is 12.2 Å². The Kier molecular flexibility index (Phi) is 4.00. The first-order valence-corrected chi connectivity index (χ1v) is 6.82. The maximum atomic E-state index is 11.8. The first kappa shape index (κ1) is 13.1. The van der Waals surface area contributed by atoms with Gasteiger partial charge in [-0.1, -0.05) is 13.3 Å². The number of pyridine rings is 1. The molecule has 2 rings (SSSR count). The van der Waals surface area contributed by atoms with Crippen molar-refractivity contribution in [1.29, 1.82) is 0 Å². The Labute approximate surface area is 109 Å². The van der Waals surface area contributed by atoms with Gasteiger partial charge in [0.1, 0.15) is 0 Å². The van der Waals surface area contributed by atoms with Crippen LogP contribution in [0.5, 0.6) is 0 Å². The van der Waals surface area contributed by atoms with Gasteiger partial charge in [0.25, 0.3) is 0 Å². The molecule has 1 aliphatic rings. The minimum absolute atomic E-state index is 0.246. The molecule has 18 heavy (non-hydrogen) atoms. The SMILES string of the molecule is CCOC(=O)c1cc2c(nc1C)CCC(CC)C2. The molecule has 0 N–H and O–H groups in total. The quantitative estimate of drug-likeness (QED) is 0.770. The molecule has 0 fully saturated rings. The van der Waals surface area contributed by atoms with E-state index in [1.165, 1.54) is 24.1 Å². The van der Waals surface area contributed by atoms with Crippen LogP contribution in [0.4, 0.5) is 0 Å². The normalized spacial score (nSPS) is 18.3. The monoisotopic (exact) mass is 247 g/mol. The average molecular weight is 247 g/mol. The van der Waals surface area contributed by atoms with Gasteiger partial charge in [-0.3, -0.25) is 4.98 Å². The number of fused-ring (bicyclic) bond motifs is 1. The van der Waals surface area contributed by atoms with Gasteiger partial charge in [-0.2, -0.15) is 0 Å². The number of hydrogen-bond acceptors (Lipinski definition) is 3. The molecule has 0 aliphatic heterocycles. The zero-order valence-electron chi connectivity index (χ0n) is 11.5. The fraction of sp³-hybridized carbons (Fsp3) is 0.600. The number of esters is 1. The molecule has 1 atom stereocenters. The zero-order chi connectivity index (χ0) is 13.1. The molecule has 1 aromatic rings. The largest absolute Gasteiger partial charge is 0.462 e. The molecule has 1 unspecified atom stereocenters. The minimum atomic E-state index is -0.246. The number of carbonyl (C=O) groups excluding carboxylic acids is 1. The number of nitrogens with zero attached hydrogens (tertiary/aromatic N) is 1. The van der Waals surface area contributed by atoms with Gasteiger partial charge in [0.05, 0.1) is 17.9 Å². The smallest absolute Gasteiger partial charge is 0.339 e. The number of aromatic nitrogens is 1. The van der Waals surface area contributed by atoms with Crippen LogP contribution in [0.25, 0.3) is 0 Å². The van der Waals surface area contributed by atoms with E-state index in [0.717, 1.165) is 24.5 Å². The summed E-state index contributed by atoms with van der Waals surface area (Å²) >= 11 is 0. The lowest BCUT2D eigenvalue weighted by Gasteiger charge is -2.23. The lowest BCUT2D eigenvalue weighted by molar-refractivity contribution is 0.0524. The van der Waals surface area contributed by atoms with Gasteiger partial charge in [0.2, 0.25) is 0 Å². The second-order valence-corrected chi connectivity index (χ2v) is 4.96. The Morgan fingerprint density at radius 1 is 1.50 bits per heavy atom. The Balaban J connectivity index is 2.31. The molecular weight excluding hydrogens is 226 g/mol. The summed E-state index contributed by atoms with van der Waals surface area (Å²) in [5, 5.41) is 0. The average Bonchev–Trinajstić information content (AvgIpc) is 2.37. The fourth-order valence-corrected chi connectivity index (χ4v) is 2.61. The summed E-state index contributed by atoms with van der Waals surface area (Å²) in [6, 6.07) is 2.00. The highest BCUT2D eigenvalue weighted by atomic mass is 16.5. The summed E-state index contributed by atoms with van der Waals surface area (Å²) in [7, 11) is 0. The van der Waals surface area contributed by atoms with E-state index in [1.54, 1.807) is 0 Å². The van der Waals surface area contributed by atoms with Crippen molar-refractivity contribution in [3.05, 3.63) is 28.6 Å². The standard InChI is InChI=1S/C15H21NO2/c1-4-11-6-7-14-12(8-11)9-13(10(3)16-14)15(17)18-5-2/h9,11H,4-8H2,1-3H3. The number of carbonyl (C=O) groups is 1. The van der Waals surface area contributed by atoms with Crippen molar-refractivity contribution in [1.82, 2.24) is 4.98 Å². The summed E-state index contributed by atoms with van der Waals surface area (Å²) in [6.45, 7) is 6.35. The van der Waals surface area contributed by atoms with Crippen LogP contribution in [0.2, 0.25) is 0 Å². The maximum absolute atomic E-state index is 11.8. The molecule has 98 valence electrons. The van der Waals surface area contributed by atoms with E-state index in [1.807, 2.05) is 19.9 Å². The lowest BCUT2D eigenvalue weighted by atomic mass is 9.84. The van der Waals surface area contributed by atoms with E-state index < -0.39 is 0 Å². The number of rotatable bonds is 3. The molecule has 1 aromatic heterocycles. The van der Waals surface area contributed by atoms with Crippen LogP contribution < -0.4 is 0 Å². The third kappa shape index (κ3) is 2.55. The van der Waals surface area contributed by atoms with E-state index in [4.69, 9.17) is 4.74 Å². The summed E-state index contributed by atoms with van der Waals surface area (Å²) in [5.74, 6) is 0.487. The van der Waals surface area contributed by atoms with E-state index in [2.05, 4.69) is 11.9 Å². The zero-order valence-corrected chi connectivity index (χ0v) is 11.5. The van der Waals surface area contributed by atoms with Crippen molar-refractivity contribution in [3.63, 3.8) is 0 Å². The molecule has 3 heteroatoms. The lowest BCUT2D eigenvalue weighted by Crippen LogP contribution is -2.18. The summed E-state index contributed by atoms with van der Waals surface area (Å²) in [5.41, 5.74) is 3.83. The van der Waals surface area contributed by atoms with Gasteiger partial charge in [-0.15, -0.1) is 0 Å². The van der Waals surface area contributed by atoms with E-state index >= 15 is 0 Å². The molecule has 0 amide bonds. The first-order valence-electron chi connectivity index (χ1n) is 6.82. The molecule has 0 bridgehead atoms. The molecular formula is C15H21NO2. The Morgan fingerprint density at radius 3 is 2.94 bits per heavy atom. The van der Waals surface area contributed by atoms with Crippen molar-refractivity contribution in [2.45, 2.75) is 46.5 Å². The summed E-state index contributed by atoms with van der Waals surface area (Å²) in [4.78, 5) is 16.4. The molecule has 0 spiro atoms. The van der Waals surface area contributed by atoms with Gasteiger partial charge in [-0.05, 0) is 50.7 Å².